The normalized spacial score (nSPS) is 13.5. The van der Waals surface area contributed by atoms with Crippen LogP contribution in [0, 0.1) is 0 Å². The van der Waals surface area contributed by atoms with Gasteiger partial charge in [-0.15, -0.1) is 10.2 Å². The molecule has 0 aliphatic carbocycles. The van der Waals surface area contributed by atoms with Crippen molar-refractivity contribution in [1.82, 2.24) is 14.8 Å². The van der Waals surface area contributed by atoms with Crippen LogP contribution in [0.1, 0.15) is 24.2 Å². The fraction of sp³-hybridized carbons (Fsp3) is 0.273. The second kappa shape index (κ2) is 4.51. The maximum absolute atomic E-state index is 11.3. The van der Waals surface area contributed by atoms with Crippen molar-refractivity contribution < 1.29 is 8.42 Å². The molecule has 0 saturated heterocycles. The Labute approximate surface area is 106 Å². The molecule has 1 aromatic heterocycles. The summed E-state index contributed by atoms with van der Waals surface area (Å²) in [5, 5.41) is 12.4. The summed E-state index contributed by atoms with van der Waals surface area (Å²) in [6.07, 6.45) is 0. The summed E-state index contributed by atoms with van der Waals surface area (Å²) in [5.74, 6) is 0.504. The molecule has 0 fully saturated rings. The molecule has 0 spiro atoms. The lowest BCUT2D eigenvalue weighted by molar-refractivity contribution is 0.576. The molecule has 1 atom stereocenters. The summed E-state index contributed by atoms with van der Waals surface area (Å²) >= 11 is 0. The zero-order valence-electron chi connectivity index (χ0n) is 10.1. The van der Waals surface area contributed by atoms with Gasteiger partial charge in [0.05, 0.1) is 0 Å². The molecule has 96 valence electrons. The number of nitrogens with two attached hydrogens (primary N) is 1. The minimum atomic E-state index is -3.84. The van der Waals surface area contributed by atoms with Crippen molar-refractivity contribution in [2.24, 2.45) is 12.2 Å². The standard InChI is InChI=1S/C11H14N4O2S/c1-8(9-6-4-3-5-7-9)10-13-14-11(15(10)2)18(12,16)17/h3-8H,1-2H3,(H2,12,16,17). The van der Waals surface area contributed by atoms with E-state index in [0.29, 0.717) is 5.82 Å². The molecule has 0 amide bonds. The Bertz CT molecular complexity index is 649. The molecule has 2 rings (SSSR count). The van der Waals surface area contributed by atoms with Gasteiger partial charge in [-0.1, -0.05) is 37.3 Å². The van der Waals surface area contributed by atoms with Crippen molar-refractivity contribution in [3.8, 4) is 0 Å². The molecule has 1 unspecified atom stereocenters. The zero-order valence-corrected chi connectivity index (χ0v) is 10.9. The number of hydrogen-bond acceptors (Lipinski definition) is 4. The van der Waals surface area contributed by atoms with Gasteiger partial charge in [-0.05, 0) is 5.56 Å². The highest BCUT2D eigenvalue weighted by Crippen LogP contribution is 2.22. The quantitative estimate of drug-likeness (QED) is 0.881. The van der Waals surface area contributed by atoms with Crippen molar-refractivity contribution in [2.75, 3.05) is 0 Å². The van der Waals surface area contributed by atoms with Crippen LogP contribution >= 0.6 is 0 Å². The van der Waals surface area contributed by atoms with Gasteiger partial charge in [-0.3, -0.25) is 0 Å². The van der Waals surface area contributed by atoms with Crippen LogP contribution in [-0.4, -0.2) is 23.2 Å². The number of primary sulfonamides is 1. The molecule has 2 aromatic rings. The predicted octanol–water partition coefficient (Wildman–Crippen LogP) is 0.614. The van der Waals surface area contributed by atoms with Crippen LogP contribution in [0.4, 0.5) is 0 Å². The number of rotatable bonds is 3. The molecule has 2 N–H and O–H groups in total. The lowest BCUT2D eigenvalue weighted by atomic mass is 10.0. The SMILES string of the molecule is CC(c1ccccc1)c1nnc(S(N)(=O)=O)n1C. The number of sulfonamides is 1. The highest BCUT2D eigenvalue weighted by molar-refractivity contribution is 7.89. The lowest BCUT2D eigenvalue weighted by Gasteiger charge is -2.11. The Morgan fingerprint density at radius 1 is 1.22 bits per heavy atom. The minimum Gasteiger partial charge on any atom is -0.303 e. The van der Waals surface area contributed by atoms with E-state index in [2.05, 4.69) is 10.2 Å². The number of nitrogens with zero attached hydrogens (tertiary/aromatic N) is 3. The lowest BCUT2D eigenvalue weighted by Crippen LogP contribution is -2.18. The van der Waals surface area contributed by atoms with E-state index in [4.69, 9.17) is 5.14 Å². The van der Waals surface area contributed by atoms with Crippen molar-refractivity contribution in [3.63, 3.8) is 0 Å². The maximum atomic E-state index is 11.3. The molecule has 1 aromatic carbocycles. The van der Waals surface area contributed by atoms with Gasteiger partial charge in [0, 0.05) is 13.0 Å². The predicted molar refractivity (Wildman–Crippen MR) is 66.3 cm³/mol. The Hall–Kier alpha value is -1.73. The fourth-order valence-corrected chi connectivity index (χ4v) is 2.47. The minimum absolute atomic E-state index is 0.0563. The molecule has 0 aliphatic rings. The smallest absolute Gasteiger partial charge is 0.273 e. The average Bonchev–Trinajstić information content (AvgIpc) is 2.71. The number of aromatic nitrogens is 3. The summed E-state index contributed by atoms with van der Waals surface area (Å²) < 4.78 is 24.0. The second-order valence-corrected chi connectivity index (χ2v) is 5.53. The molecule has 0 aliphatic heterocycles. The molecule has 0 bridgehead atoms. The monoisotopic (exact) mass is 266 g/mol. The second-order valence-electron chi connectivity index (χ2n) is 4.08. The molecule has 7 heteroatoms. The first kappa shape index (κ1) is 12.7. The Morgan fingerprint density at radius 2 is 1.83 bits per heavy atom. The molecular weight excluding hydrogens is 252 g/mol. The topological polar surface area (TPSA) is 90.9 Å². The van der Waals surface area contributed by atoms with Crippen LogP contribution in [0.2, 0.25) is 0 Å². The molecule has 6 nitrogen and oxygen atoms in total. The zero-order chi connectivity index (χ0) is 13.3. The van der Waals surface area contributed by atoms with E-state index >= 15 is 0 Å². The fourth-order valence-electron chi connectivity index (χ4n) is 1.84. The van der Waals surface area contributed by atoms with Crippen molar-refractivity contribution in [3.05, 3.63) is 41.7 Å². The van der Waals surface area contributed by atoms with E-state index in [0.717, 1.165) is 5.56 Å². The van der Waals surface area contributed by atoms with E-state index in [9.17, 15) is 8.42 Å². The number of benzene rings is 1. The molecule has 0 radical (unpaired) electrons. The summed E-state index contributed by atoms with van der Waals surface area (Å²) in [6.45, 7) is 1.94. The summed E-state index contributed by atoms with van der Waals surface area (Å²) in [5.41, 5.74) is 1.04. The molecule has 1 heterocycles. The van der Waals surface area contributed by atoms with Gasteiger partial charge in [0.2, 0.25) is 0 Å². The Kier molecular flexibility index (Phi) is 3.18. The third kappa shape index (κ3) is 2.27. The number of hydrogen-bond donors (Lipinski definition) is 1. The van der Waals surface area contributed by atoms with Crippen LogP contribution in [0.3, 0.4) is 0 Å². The highest BCUT2D eigenvalue weighted by atomic mass is 32.2. The molecule has 18 heavy (non-hydrogen) atoms. The highest BCUT2D eigenvalue weighted by Gasteiger charge is 2.22. The first-order valence-corrected chi connectivity index (χ1v) is 6.93. The summed E-state index contributed by atoms with van der Waals surface area (Å²) in [4.78, 5) is 0. The maximum Gasteiger partial charge on any atom is 0.273 e. The van der Waals surface area contributed by atoms with E-state index < -0.39 is 10.0 Å². The third-order valence-electron chi connectivity index (χ3n) is 2.81. The largest absolute Gasteiger partial charge is 0.303 e. The molecule has 0 saturated carbocycles. The van der Waals surface area contributed by atoms with Crippen LogP contribution in [-0.2, 0) is 17.1 Å². The van der Waals surface area contributed by atoms with Crippen molar-refractivity contribution >= 4 is 10.0 Å². The van der Waals surface area contributed by atoms with E-state index in [-0.39, 0.29) is 11.1 Å². The molecular formula is C11H14N4O2S. The van der Waals surface area contributed by atoms with Crippen molar-refractivity contribution in [1.29, 1.82) is 0 Å². The van der Waals surface area contributed by atoms with Crippen LogP contribution in [0.15, 0.2) is 35.5 Å². The summed E-state index contributed by atoms with van der Waals surface area (Å²) in [6, 6.07) is 9.67. The first-order valence-electron chi connectivity index (χ1n) is 5.38. The van der Waals surface area contributed by atoms with E-state index in [1.54, 1.807) is 7.05 Å². The van der Waals surface area contributed by atoms with Gasteiger partial charge in [-0.2, -0.15) is 0 Å². The van der Waals surface area contributed by atoms with Gasteiger partial charge in [0.25, 0.3) is 15.2 Å². The van der Waals surface area contributed by atoms with Gasteiger partial charge in [0.1, 0.15) is 5.82 Å². The van der Waals surface area contributed by atoms with Crippen LogP contribution < -0.4 is 5.14 Å². The average molecular weight is 266 g/mol. The summed E-state index contributed by atoms with van der Waals surface area (Å²) in [7, 11) is -2.25. The third-order valence-corrected chi connectivity index (χ3v) is 3.67. The van der Waals surface area contributed by atoms with E-state index in [1.807, 2.05) is 37.3 Å². The van der Waals surface area contributed by atoms with Crippen LogP contribution in [0.25, 0.3) is 0 Å². The first-order chi connectivity index (χ1) is 8.41. The van der Waals surface area contributed by atoms with Crippen molar-refractivity contribution in [2.45, 2.75) is 18.0 Å². The van der Waals surface area contributed by atoms with Gasteiger partial charge in [0.15, 0.2) is 0 Å². The van der Waals surface area contributed by atoms with Gasteiger partial charge >= 0.3 is 0 Å². The van der Waals surface area contributed by atoms with E-state index in [1.165, 1.54) is 4.57 Å². The van der Waals surface area contributed by atoms with Gasteiger partial charge < -0.3 is 4.57 Å². The Balaban J connectivity index is 2.45. The Morgan fingerprint density at radius 3 is 2.33 bits per heavy atom. The van der Waals surface area contributed by atoms with Crippen LogP contribution in [0.5, 0.6) is 0 Å². The van der Waals surface area contributed by atoms with Gasteiger partial charge in [-0.25, -0.2) is 13.6 Å².